The van der Waals surface area contributed by atoms with Gasteiger partial charge in [0.2, 0.25) is 0 Å². The summed E-state index contributed by atoms with van der Waals surface area (Å²) in [7, 11) is 0. The van der Waals surface area contributed by atoms with Crippen molar-refractivity contribution >= 4 is 5.97 Å². The summed E-state index contributed by atoms with van der Waals surface area (Å²) >= 11 is 0. The van der Waals surface area contributed by atoms with Crippen molar-refractivity contribution in [2.45, 2.75) is 0 Å². The van der Waals surface area contributed by atoms with Gasteiger partial charge in [0.15, 0.2) is 6.07 Å². The molecule has 1 aromatic carbocycles. The highest BCUT2D eigenvalue weighted by Gasteiger charge is 2.09. The van der Waals surface area contributed by atoms with Gasteiger partial charge in [0.1, 0.15) is 5.75 Å². The molecular formula is C13H8N2O2. The van der Waals surface area contributed by atoms with E-state index in [0.29, 0.717) is 17.0 Å². The minimum atomic E-state index is -0.937. The molecule has 4 nitrogen and oxygen atoms in total. The third-order valence-electron chi connectivity index (χ3n) is 2.12. The van der Waals surface area contributed by atoms with Crippen LogP contribution in [0.1, 0.15) is 0 Å². The van der Waals surface area contributed by atoms with Gasteiger partial charge in [-0.3, -0.25) is 4.98 Å². The highest BCUT2D eigenvalue weighted by molar-refractivity contribution is 5.89. The number of nitrogens with zero attached hydrogens (tertiary/aromatic N) is 2. The quantitative estimate of drug-likeness (QED) is 0.445. The highest BCUT2D eigenvalue weighted by atomic mass is 16.5. The van der Waals surface area contributed by atoms with E-state index in [9.17, 15) is 4.79 Å². The lowest BCUT2D eigenvalue weighted by Crippen LogP contribution is -2.05. The van der Waals surface area contributed by atoms with Gasteiger partial charge >= 0.3 is 5.97 Å². The second-order valence-corrected chi connectivity index (χ2v) is 3.21. The standard InChI is InChI=1S/C13H8N2O2/c14-9-13(16)17-12-7-2-1-5-10(12)11-6-3-4-8-15-11/h1-8H. The maximum atomic E-state index is 11.0. The predicted molar refractivity (Wildman–Crippen MR) is 60.9 cm³/mol. The summed E-state index contributed by atoms with van der Waals surface area (Å²) in [6, 6.07) is 13.8. The number of ether oxygens (including phenoxy) is 1. The molecule has 0 atom stereocenters. The van der Waals surface area contributed by atoms with Crippen molar-refractivity contribution in [2.75, 3.05) is 0 Å². The highest BCUT2D eigenvalue weighted by Crippen LogP contribution is 2.27. The van der Waals surface area contributed by atoms with E-state index in [1.807, 2.05) is 12.1 Å². The van der Waals surface area contributed by atoms with E-state index in [1.165, 1.54) is 6.07 Å². The number of carbonyl (C=O) groups is 1. The molecule has 1 heterocycles. The first kappa shape index (κ1) is 10.8. The van der Waals surface area contributed by atoms with Crippen molar-refractivity contribution in [2.24, 2.45) is 0 Å². The molecule has 82 valence electrons. The van der Waals surface area contributed by atoms with Gasteiger partial charge in [0, 0.05) is 11.8 Å². The molecule has 0 unspecified atom stereocenters. The normalized spacial score (nSPS) is 9.35. The maximum Gasteiger partial charge on any atom is 0.416 e. The lowest BCUT2D eigenvalue weighted by Gasteiger charge is -2.06. The number of para-hydroxylation sites is 1. The number of carbonyl (C=O) groups excluding carboxylic acids is 1. The molecule has 0 saturated carbocycles. The van der Waals surface area contributed by atoms with E-state index in [-0.39, 0.29) is 0 Å². The summed E-state index contributed by atoms with van der Waals surface area (Å²) in [6.07, 6.45) is 1.65. The van der Waals surface area contributed by atoms with E-state index < -0.39 is 5.97 Å². The second kappa shape index (κ2) is 4.90. The van der Waals surface area contributed by atoms with Crippen LogP contribution in [0.5, 0.6) is 5.75 Å². The van der Waals surface area contributed by atoms with Crippen LogP contribution in [0.25, 0.3) is 11.3 Å². The molecule has 0 bridgehead atoms. The number of benzene rings is 1. The lowest BCUT2D eigenvalue weighted by atomic mass is 10.1. The summed E-state index contributed by atoms with van der Waals surface area (Å²) < 4.78 is 4.91. The lowest BCUT2D eigenvalue weighted by molar-refractivity contribution is -0.128. The van der Waals surface area contributed by atoms with Crippen LogP contribution in [0.4, 0.5) is 0 Å². The van der Waals surface area contributed by atoms with Crippen molar-refractivity contribution < 1.29 is 9.53 Å². The SMILES string of the molecule is N#CC(=O)Oc1ccccc1-c1ccccn1. The zero-order valence-electron chi connectivity index (χ0n) is 8.83. The van der Waals surface area contributed by atoms with Gasteiger partial charge in [-0.15, -0.1) is 0 Å². The van der Waals surface area contributed by atoms with Crippen LogP contribution in [0.2, 0.25) is 0 Å². The number of esters is 1. The van der Waals surface area contributed by atoms with Gasteiger partial charge in [0.05, 0.1) is 5.69 Å². The van der Waals surface area contributed by atoms with E-state index in [2.05, 4.69) is 4.98 Å². The molecule has 2 aromatic rings. The van der Waals surface area contributed by atoms with Crippen molar-refractivity contribution in [1.82, 2.24) is 4.98 Å². The monoisotopic (exact) mass is 224 g/mol. The topological polar surface area (TPSA) is 63.0 Å². The van der Waals surface area contributed by atoms with E-state index in [0.717, 1.165) is 0 Å². The molecule has 0 spiro atoms. The van der Waals surface area contributed by atoms with Crippen LogP contribution in [0, 0.1) is 11.3 Å². The number of aromatic nitrogens is 1. The number of hydrogen-bond acceptors (Lipinski definition) is 4. The number of rotatable bonds is 2. The smallest absolute Gasteiger partial charge is 0.415 e. The van der Waals surface area contributed by atoms with E-state index >= 15 is 0 Å². The Labute approximate surface area is 98.1 Å². The Morgan fingerprint density at radius 2 is 1.94 bits per heavy atom. The largest absolute Gasteiger partial charge is 0.416 e. The zero-order chi connectivity index (χ0) is 12.1. The average Bonchev–Trinajstić information content (AvgIpc) is 2.40. The fourth-order valence-electron chi connectivity index (χ4n) is 1.41. The molecule has 0 radical (unpaired) electrons. The molecule has 17 heavy (non-hydrogen) atoms. The minimum absolute atomic E-state index is 0.331. The molecule has 0 amide bonds. The first-order valence-corrected chi connectivity index (χ1v) is 4.93. The van der Waals surface area contributed by atoms with E-state index in [4.69, 9.17) is 10.00 Å². The van der Waals surface area contributed by atoms with Crippen molar-refractivity contribution in [1.29, 1.82) is 5.26 Å². The summed E-state index contributed by atoms with van der Waals surface area (Å²) in [5.74, 6) is -0.605. The Bertz CT molecular complexity index is 573. The first-order chi connectivity index (χ1) is 8.31. The van der Waals surface area contributed by atoms with Gasteiger partial charge < -0.3 is 4.74 Å². The molecule has 0 aliphatic rings. The molecule has 0 saturated heterocycles. The summed E-state index contributed by atoms with van der Waals surface area (Å²) in [5, 5.41) is 8.42. The van der Waals surface area contributed by atoms with Gasteiger partial charge in [-0.1, -0.05) is 18.2 Å². The minimum Gasteiger partial charge on any atom is -0.415 e. The van der Waals surface area contributed by atoms with Crippen LogP contribution in [0.15, 0.2) is 48.7 Å². The summed E-state index contributed by atoms with van der Waals surface area (Å²) in [4.78, 5) is 15.1. The van der Waals surface area contributed by atoms with Crippen molar-refractivity contribution in [3.63, 3.8) is 0 Å². The number of pyridine rings is 1. The maximum absolute atomic E-state index is 11.0. The Kier molecular flexibility index (Phi) is 3.13. The number of hydrogen-bond donors (Lipinski definition) is 0. The van der Waals surface area contributed by atoms with Gasteiger partial charge in [-0.05, 0) is 24.3 Å². The Morgan fingerprint density at radius 1 is 1.18 bits per heavy atom. The van der Waals surface area contributed by atoms with Crippen LogP contribution < -0.4 is 4.74 Å². The third-order valence-corrected chi connectivity index (χ3v) is 2.12. The van der Waals surface area contributed by atoms with Crippen LogP contribution in [-0.2, 0) is 4.79 Å². The van der Waals surface area contributed by atoms with Crippen molar-refractivity contribution in [3.8, 4) is 23.1 Å². The molecule has 0 aliphatic heterocycles. The molecule has 1 aromatic heterocycles. The first-order valence-electron chi connectivity index (χ1n) is 4.93. The Morgan fingerprint density at radius 3 is 2.65 bits per heavy atom. The fraction of sp³-hybridized carbons (Fsp3) is 0. The van der Waals surface area contributed by atoms with E-state index in [1.54, 1.807) is 36.5 Å². The molecule has 0 aliphatic carbocycles. The summed E-state index contributed by atoms with van der Waals surface area (Å²) in [5.41, 5.74) is 1.37. The Hall–Kier alpha value is -2.67. The molecule has 0 fully saturated rings. The third kappa shape index (κ3) is 2.47. The fourth-order valence-corrected chi connectivity index (χ4v) is 1.41. The van der Waals surface area contributed by atoms with Gasteiger partial charge in [-0.25, -0.2) is 4.79 Å². The van der Waals surface area contributed by atoms with Crippen LogP contribution >= 0.6 is 0 Å². The Balaban J connectivity index is 2.42. The van der Waals surface area contributed by atoms with Crippen LogP contribution in [0.3, 0.4) is 0 Å². The van der Waals surface area contributed by atoms with Crippen LogP contribution in [-0.4, -0.2) is 11.0 Å². The predicted octanol–water partition coefficient (Wildman–Crippen LogP) is 2.18. The molecule has 0 N–H and O–H groups in total. The number of nitriles is 1. The average molecular weight is 224 g/mol. The zero-order valence-corrected chi connectivity index (χ0v) is 8.83. The van der Waals surface area contributed by atoms with Crippen molar-refractivity contribution in [3.05, 3.63) is 48.7 Å². The second-order valence-electron chi connectivity index (χ2n) is 3.21. The molecule has 2 rings (SSSR count). The van der Waals surface area contributed by atoms with Gasteiger partial charge in [-0.2, -0.15) is 5.26 Å². The molecule has 4 heteroatoms. The summed E-state index contributed by atoms with van der Waals surface area (Å²) in [6.45, 7) is 0. The van der Waals surface area contributed by atoms with Gasteiger partial charge in [0.25, 0.3) is 0 Å². The molecular weight excluding hydrogens is 216 g/mol.